The molecule has 2 saturated heterocycles. The van der Waals surface area contributed by atoms with Crippen LogP contribution in [0.3, 0.4) is 0 Å². The van der Waals surface area contributed by atoms with Gasteiger partial charge in [-0.3, -0.25) is 4.79 Å². The molecule has 0 saturated carbocycles. The number of hydrogen-bond acceptors (Lipinski definition) is 10. The molecule has 1 amide bonds. The number of nitrogens with two attached hydrogens (primary N) is 1. The van der Waals surface area contributed by atoms with Gasteiger partial charge in [0.25, 0.3) is 0 Å². The zero-order valence-electron chi connectivity index (χ0n) is 23.9. The van der Waals surface area contributed by atoms with Crippen molar-refractivity contribution in [2.24, 2.45) is 5.41 Å². The normalized spacial score (nSPS) is 16.6. The highest BCUT2D eigenvalue weighted by Gasteiger charge is 2.34. The SMILES string of the molecule is COc1cc2c(N)nc(N3CCN(C(=O)C[C@@H](NCC4(C)COC4)c4ccc(C#N)cc4)CC3)nc2c(F)c1OC.Cl. The maximum absolute atomic E-state index is 15.2. The lowest BCUT2D eigenvalue weighted by Gasteiger charge is -2.40. The monoisotopic (exact) mass is 599 g/mol. The fourth-order valence-corrected chi connectivity index (χ4v) is 5.16. The molecule has 11 nitrogen and oxygen atoms in total. The second-order valence-corrected chi connectivity index (χ2v) is 10.8. The van der Waals surface area contributed by atoms with Gasteiger partial charge in [0.05, 0.1) is 39.1 Å². The van der Waals surface area contributed by atoms with Crippen molar-refractivity contribution >= 4 is 41.0 Å². The van der Waals surface area contributed by atoms with Crippen LogP contribution in [-0.2, 0) is 9.53 Å². The topological polar surface area (TPSA) is 139 Å². The van der Waals surface area contributed by atoms with Crippen LogP contribution in [0.25, 0.3) is 10.9 Å². The number of carbonyl (C=O) groups is 1. The van der Waals surface area contributed by atoms with Crippen LogP contribution in [-0.4, -0.2) is 80.9 Å². The summed E-state index contributed by atoms with van der Waals surface area (Å²) in [6, 6.07) is 10.8. The summed E-state index contributed by atoms with van der Waals surface area (Å²) in [5.74, 6) is -0.0788. The Bertz CT molecular complexity index is 1470. The zero-order valence-corrected chi connectivity index (χ0v) is 24.7. The molecular weight excluding hydrogens is 565 g/mol. The molecule has 3 heterocycles. The Morgan fingerprint density at radius 3 is 2.45 bits per heavy atom. The first kappa shape index (κ1) is 31.0. The summed E-state index contributed by atoms with van der Waals surface area (Å²) in [6.07, 6.45) is 0.273. The molecule has 3 aromatic rings. The molecule has 0 aliphatic carbocycles. The minimum Gasteiger partial charge on any atom is -0.493 e. The van der Waals surface area contributed by atoms with Crippen molar-refractivity contribution in [2.75, 3.05) is 70.8 Å². The number of amides is 1. The maximum Gasteiger partial charge on any atom is 0.228 e. The lowest BCUT2D eigenvalue weighted by atomic mass is 9.88. The number of methoxy groups -OCH3 is 2. The lowest BCUT2D eigenvalue weighted by Crippen LogP contribution is -2.51. The summed E-state index contributed by atoms with van der Waals surface area (Å²) >= 11 is 0. The summed E-state index contributed by atoms with van der Waals surface area (Å²) in [7, 11) is 2.78. The average molecular weight is 600 g/mol. The number of aromatic nitrogens is 2. The molecular formula is C29H35ClFN7O4. The standard InChI is InChI=1S/C29H34FN7O4.ClH/c1-29(16-41-17-29)15-33-21(19-6-4-18(14-31)5-7-19)13-23(38)36-8-10-37(11-9-36)28-34-25-20(27(32)35-28)12-22(39-2)26(40-3)24(25)30;/h4-7,12,21,33H,8-11,13,15-17H2,1-3H3,(H2,32,34,35);1H/t21-;/m1./s1. The lowest BCUT2D eigenvalue weighted by molar-refractivity contribution is -0.132. The van der Waals surface area contributed by atoms with Crippen molar-refractivity contribution in [3.8, 4) is 17.6 Å². The van der Waals surface area contributed by atoms with E-state index in [0.717, 1.165) is 5.56 Å². The van der Waals surface area contributed by atoms with Crippen LogP contribution >= 0.6 is 12.4 Å². The number of nitrogen functional groups attached to an aromatic ring is 1. The van der Waals surface area contributed by atoms with Gasteiger partial charge in [-0.15, -0.1) is 12.4 Å². The Labute approximate surface area is 250 Å². The van der Waals surface area contributed by atoms with E-state index in [-0.39, 0.29) is 59.0 Å². The molecule has 2 aliphatic heterocycles. The third kappa shape index (κ3) is 6.28. The van der Waals surface area contributed by atoms with E-state index >= 15 is 4.39 Å². The number of anilines is 2. The summed E-state index contributed by atoms with van der Waals surface area (Å²) in [5.41, 5.74) is 7.80. The quantitative estimate of drug-likeness (QED) is 0.377. The number of rotatable bonds is 9. The van der Waals surface area contributed by atoms with Gasteiger partial charge >= 0.3 is 0 Å². The molecule has 42 heavy (non-hydrogen) atoms. The van der Waals surface area contributed by atoms with Crippen molar-refractivity contribution in [3.63, 3.8) is 0 Å². The minimum atomic E-state index is -0.672. The molecule has 0 radical (unpaired) electrons. The third-order valence-electron chi connectivity index (χ3n) is 7.71. The third-order valence-corrected chi connectivity index (χ3v) is 7.71. The minimum absolute atomic E-state index is 0. The molecule has 3 N–H and O–H groups in total. The van der Waals surface area contributed by atoms with E-state index in [9.17, 15) is 10.1 Å². The molecule has 0 spiro atoms. The van der Waals surface area contributed by atoms with Crippen LogP contribution in [0.15, 0.2) is 30.3 Å². The molecule has 1 atom stereocenters. The molecule has 2 aliphatic rings. The van der Waals surface area contributed by atoms with Crippen LogP contribution in [0.1, 0.15) is 30.5 Å². The number of nitriles is 1. The van der Waals surface area contributed by atoms with Crippen molar-refractivity contribution in [3.05, 3.63) is 47.3 Å². The number of fused-ring (bicyclic) bond motifs is 1. The summed E-state index contributed by atoms with van der Waals surface area (Å²) in [5, 5.41) is 13.1. The number of halogens is 2. The highest BCUT2D eigenvalue weighted by molar-refractivity contribution is 5.92. The van der Waals surface area contributed by atoms with E-state index < -0.39 is 5.82 Å². The van der Waals surface area contributed by atoms with Crippen molar-refractivity contribution in [2.45, 2.75) is 19.4 Å². The van der Waals surface area contributed by atoms with Gasteiger partial charge in [-0.25, -0.2) is 9.37 Å². The molecule has 1 aromatic heterocycles. The molecule has 0 bridgehead atoms. The second kappa shape index (κ2) is 12.9. The summed E-state index contributed by atoms with van der Waals surface area (Å²) < 4.78 is 31.0. The Kier molecular flexibility index (Phi) is 9.56. The largest absolute Gasteiger partial charge is 0.493 e. The van der Waals surface area contributed by atoms with E-state index in [1.807, 2.05) is 21.9 Å². The number of piperazine rings is 1. The van der Waals surface area contributed by atoms with Gasteiger partial charge < -0.3 is 35.1 Å². The van der Waals surface area contributed by atoms with Crippen LogP contribution in [0.2, 0.25) is 0 Å². The van der Waals surface area contributed by atoms with E-state index in [0.29, 0.717) is 62.8 Å². The number of nitrogens with zero attached hydrogens (tertiary/aromatic N) is 5. The van der Waals surface area contributed by atoms with Gasteiger partial charge in [0.1, 0.15) is 11.3 Å². The Morgan fingerprint density at radius 2 is 1.88 bits per heavy atom. The van der Waals surface area contributed by atoms with Crippen LogP contribution in [0, 0.1) is 22.6 Å². The predicted molar refractivity (Wildman–Crippen MR) is 158 cm³/mol. The molecule has 0 unspecified atom stereocenters. The number of carbonyl (C=O) groups excluding carboxylic acids is 1. The van der Waals surface area contributed by atoms with Gasteiger partial charge in [0.2, 0.25) is 11.9 Å². The first-order valence-corrected chi connectivity index (χ1v) is 13.5. The van der Waals surface area contributed by atoms with Crippen molar-refractivity contribution < 1.29 is 23.4 Å². The maximum atomic E-state index is 15.2. The highest BCUT2D eigenvalue weighted by Crippen LogP contribution is 2.37. The first-order chi connectivity index (χ1) is 19.7. The molecule has 224 valence electrons. The molecule has 5 rings (SSSR count). The fourth-order valence-electron chi connectivity index (χ4n) is 5.16. The Balaban J connectivity index is 0.00000405. The van der Waals surface area contributed by atoms with Crippen molar-refractivity contribution in [1.29, 1.82) is 5.26 Å². The van der Waals surface area contributed by atoms with E-state index in [1.165, 1.54) is 14.2 Å². The first-order valence-electron chi connectivity index (χ1n) is 13.5. The zero-order chi connectivity index (χ0) is 29.1. The van der Waals surface area contributed by atoms with Gasteiger partial charge in [-0.1, -0.05) is 19.1 Å². The van der Waals surface area contributed by atoms with E-state index in [1.54, 1.807) is 18.2 Å². The van der Waals surface area contributed by atoms with E-state index in [2.05, 4.69) is 28.3 Å². The molecule has 13 heteroatoms. The van der Waals surface area contributed by atoms with Gasteiger partial charge in [-0.05, 0) is 23.8 Å². The number of ether oxygens (including phenoxy) is 3. The summed E-state index contributed by atoms with van der Waals surface area (Å²) in [4.78, 5) is 26.0. The Hall–Kier alpha value is -3.92. The van der Waals surface area contributed by atoms with Gasteiger partial charge in [0.15, 0.2) is 17.3 Å². The average Bonchev–Trinajstić information content (AvgIpc) is 2.98. The van der Waals surface area contributed by atoms with Crippen LogP contribution < -0.4 is 25.4 Å². The van der Waals surface area contributed by atoms with Crippen LogP contribution in [0.5, 0.6) is 11.5 Å². The Morgan fingerprint density at radius 1 is 1.19 bits per heavy atom. The fraction of sp³-hybridized carbons (Fsp3) is 0.448. The van der Waals surface area contributed by atoms with Crippen LogP contribution in [0.4, 0.5) is 16.2 Å². The number of benzene rings is 2. The van der Waals surface area contributed by atoms with E-state index in [4.69, 9.17) is 19.9 Å². The highest BCUT2D eigenvalue weighted by atomic mass is 35.5. The van der Waals surface area contributed by atoms with Crippen molar-refractivity contribution in [1.82, 2.24) is 20.2 Å². The number of hydrogen-bond donors (Lipinski definition) is 2. The van der Waals surface area contributed by atoms with Gasteiger partial charge in [-0.2, -0.15) is 10.2 Å². The second-order valence-electron chi connectivity index (χ2n) is 10.8. The number of nitrogens with one attached hydrogen (secondary N) is 1. The van der Waals surface area contributed by atoms with Gasteiger partial charge in [0, 0.05) is 56.0 Å². The smallest absolute Gasteiger partial charge is 0.228 e. The molecule has 2 aromatic carbocycles. The molecule has 2 fully saturated rings. The summed E-state index contributed by atoms with van der Waals surface area (Å²) in [6.45, 7) is 6.09. The predicted octanol–water partition coefficient (Wildman–Crippen LogP) is 3.07.